The fraction of sp³-hybridized carbons (Fsp3) is 0.500. The fourth-order valence-corrected chi connectivity index (χ4v) is 2.41. The molecule has 0 aliphatic heterocycles. The highest BCUT2D eigenvalue weighted by Gasteiger charge is 2.11. The maximum atomic E-state index is 11.6. The molecule has 2 N–H and O–H groups in total. The second kappa shape index (κ2) is 6.25. The number of thiophene rings is 1. The summed E-state index contributed by atoms with van der Waals surface area (Å²) in [6.45, 7) is 3.23. The zero-order valence-electron chi connectivity index (χ0n) is 8.84. The van der Waals surface area contributed by atoms with Gasteiger partial charge in [-0.05, 0) is 40.0 Å². The fourth-order valence-electron chi connectivity index (χ4n) is 1.20. The summed E-state index contributed by atoms with van der Waals surface area (Å²) in [5, 5.41) is 7.92. The van der Waals surface area contributed by atoms with Crippen molar-refractivity contribution in [2.75, 3.05) is 13.6 Å². The quantitative estimate of drug-likeness (QED) is 0.871. The molecular formula is C10H15BrN2OS. The summed E-state index contributed by atoms with van der Waals surface area (Å²) in [5.74, 6) is 0.101. The maximum absolute atomic E-state index is 11.6. The zero-order chi connectivity index (χ0) is 11.3. The molecular weight excluding hydrogens is 276 g/mol. The van der Waals surface area contributed by atoms with E-state index < -0.39 is 0 Å². The Hall–Kier alpha value is -0.390. The third kappa shape index (κ3) is 4.32. The van der Waals surface area contributed by atoms with Gasteiger partial charge < -0.3 is 10.6 Å². The van der Waals surface area contributed by atoms with Crippen LogP contribution in [0.4, 0.5) is 0 Å². The molecule has 0 spiro atoms. The van der Waals surface area contributed by atoms with E-state index in [1.165, 1.54) is 0 Å². The Kier molecular flexibility index (Phi) is 5.28. The van der Waals surface area contributed by atoms with Crippen LogP contribution in [0.2, 0.25) is 0 Å². The molecule has 15 heavy (non-hydrogen) atoms. The van der Waals surface area contributed by atoms with Crippen LogP contribution in [0.3, 0.4) is 0 Å². The summed E-state index contributed by atoms with van der Waals surface area (Å²) in [4.78, 5) is 11.6. The summed E-state index contributed by atoms with van der Waals surface area (Å²) >= 11 is 5.02. The van der Waals surface area contributed by atoms with Crippen molar-refractivity contribution in [1.29, 1.82) is 0 Å². The zero-order valence-corrected chi connectivity index (χ0v) is 11.2. The Bertz CT molecular complexity index is 327. The summed E-state index contributed by atoms with van der Waals surface area (Å²) in [6.07, 6.45) is 0. The lowest BCUT2D eigenvalue weighted by Crippen LogP contribution is -2.33. The van der Waals surface area contributed by atoms with Gasteiger partial charge in [-0.3, -0.25) is 4.79 Å². The van der Waals surface area contributed by atoms with Crippen LogP contribution in [0.25, 0.3) is 0 Å². The Labute approximate surface area is 102 Å². The van der Waals surface area contributed by atoms with E-state index in [9.17, 15) is 4.79 Å². The van der Waals surface area contributed by atoms with Crippen molar-refractivity contribution in [3.63, 3.8) is 0 Å². The van der Waals surface area contributed by atoms with E-state index in [0.29, 0.717) is 13.1 Å². The van der Waals surface area contributed by atoms with Crippen LogP contribution in [0, 0.1) is 5.92 Å². The van der Waals surface area contributed by atoms with Crippen LogP contribution in [-0.2, 0) is 11.3 Å². The molecule has 0 aromatic carbocycles. The van der Waals surface area contributed by atoms with Crippen molar-refractivity contribution < 1.29 is 4.79 Å². The monoisotopic (exact) mass is 290 g/mol. The maximum Gasteiger partial charge on any atom is 0.224 e. The molecule has 0 bridgehead atoms. The number of hydrogen-bond donors (Lipinski definition) is 2. The highest BCUT2D eigenvalue weighted by atomic mass is 79.9. The first-order chi connectivity index (χ1) is 7.13. The first-order valence-electron chi connectivity index (χ1n) is 4.78. The molecule has 0 saturated carbocycles. The second-order valence-corrected chi connectivity index (χ2v) is 5.73. The minimum atomic E-state index is 0.0112. The Morgan fingerprint density at radius 2 is 2.40 bits per heavy atom. The van der Waals surface area contributed by atoms with E-state index in [1.807, 2.05) is 25.4 Å². The topological polar surface area (TPSA) is 41.1 Å². The van der Waals surface area contributed by atoms with Gasteiger partial charge in [0.15, 0.2) is 0 Å². The Morgan fingerprint density at radius 1 is 1.67 bits per heavy atom. The first kappa shape index (κ1) is 12.7. The molecule has 1 heterocycles. The molecule has 1 amide bonds. The van der Waals surface area contributed by atoms with E-state index in [1.54, 1.807) is 11.3 Å². The van der Waals surface area contributed by atoms with Gasteiger partial charge in [-0.25, -0.2) is 0 Å². The van der Waals surface area contributed by atoms with E-state index in [-0.39, 0.29) is 11.8 Å². The Balaban J connectivity index is 2.34. The average molecular weight is 291 g/mol. The first-order valence-corrected chi connectivity index (χ1v) is 6.46. The molecule has 1 unspecified atom stereocenters. The molecule has 0 fully saturated rings. The molecule has 1 rings (SSSR count). The number of carbonyl (C=O) groups excluding carboxylic acids is 1. The van der Waals surface area contributed by atoms with Crippen LogP contribution in [0.5, 0.6) is 0 Å². The molecule has 0 saturated heterocycles. The number of hydrogen-bond acceptors (Lipinski definition) is 3. The largest absolute Gasteiger partial charge is 0.352 e. The van der Waals surface area contributed by atoms with E-state index >= 15 is 0 Å². The predicted octanol–water partition coefficient (Wildman–Crippen LogP) is 1.98. The van der Waals surface area contributed by atoms with E-state index in [4.69, 9.17) is 0 Å². The molecule has 5 heteroatoms. The molecule has 1 atom stereocenters. The lowest BCUT2D eigenvalue weighted by molar-refractivity contribution is -0.124. The summed E-state index contributed by atoms with van der Waals surface area (Å²) < 4.78 is 1.09. The lowest BCUT2D eigenvalue weighted by atomic mass is 10.1. The van der Waals surface area contributed by atoms with Gasteiger partial charge in [-0.15, -0.1) is 11.3 Å². The van der Waals surface area contributed by atoms with Crippen LogP contribution in [-0.4, -0.2) is 19.5 Å². The number of nitrogens with one attached hydrogen (secondary N) is 2. The molecule has 3 nitrogen and oxygen atoms in total. The van der Waals surface area contributed by atoms with Crippen molar-refractivity contribution >= 4 is 33.2 Å². The molecule has 0 aliphatic carbocycles. The van der Waals surface area contributed by atoms with Crippen molar-refractivity contribution in [3.05, 3.63) is 20.8 Å². The summed E-state index contributed by atoms with van der Waals surface area (Å²) in [7, 11) is 1.85. The highest BCUT2D eigenvalue weighted by Crippen LogP contribution is 2.20. The molecule has 0 radical (unpaired) electrons. The van der Waals surface area contributed by atoms with Gasteiger partial charge in [0.2, 0.25) is 5.91 Å². The number of carbonyl (C=O) groups is 1. The van der Waals surface area contributed by atoms with Gasteiger partial charge in [-0.1, -0.05) is 6.92 Å². The van der Waals surface area contributed by atoms with E-state index in [2.05, 4.69) is 26.6 Å². The van der Waals surface area contributed by atoms with Gasteiger partial charge in [0.25, 0.3) is 0 Å². The smallest absolute Gasteiger partial charge is 0.224 e. The molecule has 1 aromatic heterocycles. The van der Waals surface area contributed by atoms with Crippen LogP contribution in [0.15, 0.2) is 15.2 Å². The van der Waals surface area contributed by atoms with Crippen molar-refractivity contribution in [2.45, 2.75) is 13.5 Å². The summed E-state index contributed by atoms with van der Waals surface area (Å²) in [5.41, 5.74) is 1.14. The van der Waals surface area contributed by atoms with Gasteiger partial charge >= 0.3 is 0 Å². The van der Waals surface area contributed by atoms with Gasteiger partial charge in [0, 0.05) is 19.0 Å². The van der Waals surface area contributed by atoms with Gasteiger partial charge in [0.05, 0.1) is 3.79 Å². The second-order valence-electron chi connectivity index (χ2n) is 3.44. The third-order valence-corrected chi connectivity index (χ3v) is 3.60. The number of rotatable bonds is 5. The number of halogens is 1. The normalized spacial score (nSPS) is 12.5. The SMILES string of the molecule is CNCC(C)C(=O)NCc1csc(Br)c1. The minimum absolute atomic E-state index is 0.0112. The standard InChI is InChI=1S/C10H15BrN2OS/c1-7(4-12-2)10(14)13-5-8-3-9(11)15-6-8/h3,6-7,12H,4-5H2,1-2H3,(H,13,14). The summed E-state index contributed by atoms with van der Waals surface area (Å²) in [6, 6.07) is 2.02. The third-order valence-electron chi connectivity index (χ3n) is 2.05. The molecule has 1 aromatic rings. The van der Waals surface area contributed by atoms with Crippen molar-refractivity contribution in [1.82, 2.24) is 10.6 Å². The van der Waals surface area contributed by atoms with Gasteiger partial charge in [-0.2, -0.15) is 0 Å². The molecule has 0 aliphatic rings. The lowest BCUT2D eigenvalue weighted by Gasteiger charge is -2.10. The van der Waals surface area contributed by atoms with E-state index in [0.717, 1.165) is 9.35 Å². The van der Waals surface area contributed by atoms with Crippen LogP contribution < -0.4 is 10.6 Å². The average Bonchev–Trinajstić information content (AvgIpc) is 2.61. The van der Waals surface area contributed by atoms with Crippen molar-refractivity contribution in [3.8, 4) is 0 Å². The predicted molar refractivity (Wildman–Crippen MR) is 67.0 cm³/mol. The highest BCUT2D eigenvalue weighted by molar-refractivity contribution is 9.11. The van der Waals surface area contributed by atoms with Gasteiger partial charge in [0.1, 0.15) is 0 Å². The van der Waals surface area contributed by atoms with Crippen LogP contribution in [0.1, 0.15) is 12.5 Å². The number of amides is 1. The molecule has 84 valence electrons. The van der Waals surface area contributed by atoms with Crippen LogP contribution >= 0.6 is 27.3 Å². The Morgan fingerprint density at radius 3 is 2.93 bits per heavy atom. The van der Waals surface area contributed by atoms with Crippen molar-refractivity contribution in [2.24, 2.45) is 5.92 Å². The minimum Gasteiger partial charge on any atom is -0.352 e.